The van der Waals surface area contributed by atoms with E-state index in [-0.39, 0.29) is 18.4 Å². The predicted octanol–water partition coefficient (Wildman–Crippen LogP) is 2.49. The number of benzene rings is 1. The first-order valence-electron chi connectivity index (χ1n) is 6.55. The molecule has 3 N–H and O–H groups in total. The molecular formula is C14H20FNO2. The third-order valence-electron chi connectivity index (χ3n) is 3.53. The van der Waals surface area contributed by atoms with Crippen molar-refractivity contribution < 1.29 is 14.6 Å². The number of aromatic hydroxyl groups is 1. The Kier molecular flexibility index (Phi) is 4.55. The number of phenolic OH excluding ortho intramolecular Hbond substituents is 1. The van der Waals surface area contributed by atoms with Crippen molar-refractivity contribution in [2.24, 2.45) is 0 Å². The lowest BCUT2D eigenvalue weighted by Crippen LogP contribution is -2.36. The van der Waals surface area contributed by atoms with E-state index in [0.717, 1.165) is 18.9 Å². The van der Waals surface area contributed by atoms with E-state index < -0.39 is 5.82 Å². The van der Waals surface area contributed by atoms with Crippen LogP contribution in [0.15, 0.2) is 18.2 Å². The number of halogens is 1. The Morgan fingerprint density at radius 1 is 1.22 bits per heavy atom. The molecule has 1 aromatic rings. The lowest BCUT2D eigenvalue weighted by atomic mass is 9.94. The maximum atomic E-state index is 13.2. The summed E-state index contributed by atoms with van der Waals surface area (Å²) in [6, 6.07) is 3.99. The lowest BCUT2D eigenvalue weighted by Gasteiger charge is -2.28. The second-order valence-corrected chi connectivity index (χ2v) is 4.98. The van der Waals surface area contributed by atoms with Crippen molar-refractivity contribution in [2.75, 3.05) is 6.61 Å². The molecule has 0 spiro atoms. The van der Waals surface area contributed by atoms with Crippen molar-refractivity contribution in [3.05, 3.63) is 29.6 Å². The van der Waals surface area contributed by atoms with Gasteiger partial charge >= 0.3 is 0 Å². The summed E-state index contributed by atoms with van der Waals surface area (Å²) in [6.07, 6.45) is 5.85. The topological polar surface area (TPSA) is 52.5 Å². The molecular weight excluding hydrogens is 233 g/mol. The van der Waals surface area contributed by atoms with Crippen LogP contribution in [0.3, 0.4) is 0 Å². The van der Waals surface area contributed by atoms with Gasteiger partial charge < -0.3 is 15.5 Å². The zero-order valence-corrected chi connectivity index (χ0v) is 10.4. The Morgan fingerprint density at radius 2 is 1.94 bits per heavy atom. The molecule has 18 heavy (non-hydrogen) atoms. The number of hydrogen-bond acceptors (Lipinski definition) is 3. The molecule has 1 fully saturated rings. The normalized spacial score (nSPS) is 18.8. The first-order valence-corrected chi connectivity index (χ1v) is 6.55. The molecule has 0 bridgehead atoms. The number of aliphatic hydroxyl groups is 1. The van der Waals surface area contributed by atoms with Gasteiger partial charge in [-0.2, -0.15) is 0 Å². The highest BCUT2D eigenvalue weighted by Crippen LogP contribution is 2.24. The van der Waals surface area contributed by atoms with Gasteiger partial charge in [-0.05, 0) is 30.5 Å². The number of hydrogen-bond donors (Lipinski definition) is 3. The Morgan fingerprint density at radius 3 is 2.56 bits per heavy atom. The van der Waals surface area contributed by atoms with Gasteiger partial charge in [0.2, 0.25) is 0 Å². The van der Waals surface area contributed by atoms with E-state index in [0.29, 0.717) is 11.6 Å². The average Bonchev–Trinajstić information content (AvgIpc) is 2.36. The molecule has 0 amide bonds. The molecule has 1 aromatic carbocycles. The summed E-state index contributed by atoms with van der Waals surface area (Å²) in [7, 11) is 0. The Labute approximate surface area is 107 Å². The molecule has 3 nitrogen and oxygen atoms in total. The number of phenols is 1. The smallest absolute Gasteiger partial charge is 0.127 e. The predicted molar refractivity (Wildman–Crippen MR) is 67.9 cm³/mol. The molecule has 1 unspecified atom stereocenters. The molecule has 2 rings (SSSR count). The van der Waals surface area contributed by atoms with Crippen LogP contribution < -0.4 is 5.32 Å². The third kappa shape index (κ3) is 3.43. The monoisotopic (exact) mass is 253 g/mol. The molecule has 0 saturated heterocycles. The van der Waals surface area contributed by atoms with Crippen molar-refractivity contribution >= 4 is 0 Å². The van der Waals surface area contributed by atoms with Gasteiger partial charge in [0.25, 0.3) is 0 Å². The second-order valence-electron chi connectivity index (χ2n) is 4.98. The summed E-state index contributed by atoms with van der Waals surface area (Å²) in [5.74, 6) is -0.581. The fraction of sp³-hybridized carbons (Fsp3) is 0.571. The van der Waals surface area contributed by atoms with Crippen LogP contribution in [0.25, 0.3) is 0 Å². The average molecular weight is 253 g/mol. The van der Waals surface area contributed by atoms with Gasteiger partial charge in [-0.15, -0.1) is 0 Å². The molecule has 100 valence electrons. The lowest BCUT2D eigenvalue weighted by molar-refractivity contribution is 0.220. The molecule has 1 aliphatic rings. The highest BCUT2D eigenvalue weighted by molar-refractivity contribution is 5.30. The largest absolute Gasteiger partial charge is 0.508 e. The van der Waals surface area contributed by atoms with Crippen LogP contribution in [-0.4, -0.2) is 22.9 Å². The first kappa shape index (κ1) is 13.3. The Balaban J connectivity index is 2.06. The number of aliphatic hydroxyl groups excluding tert-OH is 1. The van der Waals surface area contributed by atoms with Crippen molar-refractivity contribution in [2.45, 2.75) is 44.2 Å². The minimum absolute atomic E-state index is 0.0978. The fourth-order valence-corrected chi connectivity index (χ4v) is 2.61. The van der Waals surface area contributed by atoms with Crippen molar-refractivity contribution in [1.29, 1.82) is 0 Å². The SMILES string of the molecule is OCC(NC1CCCCC1)c1cc(O)cc(F)c1. The molecule has 1 aliphatic carbocycles. The Bertz CT molecular complexity index is 371. The van der Waals surface area contributed by atoms with E-state index >= 15 is 0 Å². The van der Waals surface area contributed by atoms with Gasteiger partial charge in [-0.25, -0.2) is 4.39 Å². The summed E-state index contributed by atoms with van der Waals surface area (Å²) in [4.78, 5) is 0. The maximum absolute atomic E-state index is 13.2. The van der Waals surface area contributed by atoms with Gasteiger partial charge in [-0.1, -0.05) is 19.3 Å². The molecule has 1 saturated carbocycles. The van der Waals surface area contributed by atoms with E-state index in [1.54, 1.807) is 0 Å². The van der Waals surface area contributed by atoms with E-state index in [9.17, 15) is 14.6 Å². The molecule has 1 atom stereocenters. The van der Waals surface area contributed by atoms with E-state index in [1.165, 1.54) is 31.4 Å². The summed E-state index contributed by atoms with van der Waals surface area (Å²) in [5, 5.41) is 22.2. The van der Waals surface area contributed by atoms with Gasteiger partial charge in [0.15, 0.2) is 0 Å². The Hall–Kier alpha value is -1.13. The van der Waals surface area contributed by atoms with Crippen LogP contribution in [0.4, 0.5) is 4.39 Å². The van der Waals surface area contributed by atoms with Gasteiger partial charge in [0, 0.05) is 12.1 Å². The van der Waals surface area contributed by atoms with E-state index in [4.69, 9.17) is 0 Å². The maximum Gasteiger partial charge on any atom is 0.127 e. The van der Waals surface area contributed by atoms with Crippen molar-refractivity contribution in [3.8, 4) is 5.75 Å². The standard InChI is InChI=1S/C14H20FNO2/c15-11-6-10(7-13(18)8-11)14(9-17)16-12-4-2-1-3-5-12/h6-8,12,14,16-18H,1-5,9H2. The van der Waals surface area contributed by atoms with Gasteiger partial charge in [0.1, 0.15) is 11.6 Å². The molecule has 0 radical (unpaired) electrons. The van der Waals surface area contributed by atoms with Gasteiger partial charge in [0.05, 0.1) is 12.6 Å². The highest BCUT2D eigenvalue weighted by Gasteiger charge is 2.19. The molecule has 0 heterocycles. The minimum Gasteiger partial charge on any atom is -0.508 e. The highest BCUT2D eigenvalue weighted by atomic mass is 19.1. The summed E-state index contributed by atoms with van der Waals surface area (Å²) < 4.78 is 13.2. The zero-order chi connectivity index (χ0) is 13.0. The summed E-state index contributed by atoms with van der Waals surface area (Å²) >= 11 is 0. The molecule has 0 aromatic heterocycles. The zero-order valence-electron chi connectivity index (χ0n) is 10.4. The first-order chi connectivity index (χ1) is 8.69. The number of nitrogens with one attached hydrogen (secondary N) is 1. The van der Waals surface area contributed by atoms with Crippen LogP contribution in [0.1, 0.15) is 43.7 Å². The third-order valence-corrected chi connectivity index (χ3v) is 3.53. The van der Waals surface area contributed by atoms with Crippen LogP contribution in [0.5, 0.6) is 5.75 Å². The van der Waals surface area contributed by atoms with Gasteiger partial charge in [-0.3, -0.25) is 0 Å². The van der Waals surface area contributed by atoms with Crippen LogP contribution in [0, 0.1) is 5.82 Å². The summed E-state index contributed by atoms with van der Waals surface area (Å²) in [6.45, 7) is -0.0978. The second kappa shape index (κ2) is 6.16. The van der Waals surface area contributed by atoms with Crippen molar-refractivity contribution in [3.63, 3.8) is 0 Å². The fourth-order valence-electron chi connectivity index (χ4n) is 2.61. The summed E-state index contributed by atoms with van der Waals surface area (Å²) in [5.41, 5.74) is 0.598. The van der Waals surface area contributed by atoms with E-state index in [1.807, 2.05) is 0 Å². The molecule has 0 aliphatic heterocycles. The molecule has 4 heteroatoms. The number of rotatable bonds is 4. The minimum atomic E-state index is -0.478. The van der Waals surface area contributed by atoms with Crippen LogP contribution in [-0.2, 0) is 0 Å². The quantitative estimate of drug-likeness (QED) is 0.772. The van der Waals surface area contributed by atoms with E-state index in [2.05, 4.69) is 5.32 Å². The van der Waals surface area contributed by atoms with Crippen LogP contribution in [0.2, 0.25) is 0 Å². The van der Waals surface area contributed by atoms with Crippen molar-refractivity contribution in [1.82, 2.24) is 5.32 Å². The van der Waals surface area contributed by atoms with Crippen LogP contribution >= 0.6 is 0 Å².